The van der Waals surface area contributed by atoms with Crippen molar-refractivity contribution in [2.45, 2.75) is 25.8 Å². The molecule has 0 spiro atoms. The van der Waals surface area contributed by atoms with Crippen LogP contribution in [0.4, 0.5) is 16.4 Å². The molecule has 0 atom stereocenters. The summed E-state index contributed by atoms with van der Waals surface area (Å²) in [6, 6.07) is 9.59. The minimum Gasteiger partial charge on any atom is -0.450 e. The number of piperidine rings is 1. The van der Waals surface area contributed by atoms with Gasteiger partial charge in [-0.05, 0) is 31.9 Å². The maximum atomic E-state index is 12.4. The van der Waals surface area contributed by atoms with Crippen molar-refractivity contribution in [3.8, 4) is 0 Å². The maximum Gasteiger partial charge on any atom is 0.409 e. The Labute approximate surface area is 158 Å². The van der Waals surface area contributed by atoms with E-state index in [1.807, 2.05) is 30.3 Å². The Balaban J connectivity index is 1.49. The number of aromatic nitrogens is 2. The van der Waals surface area contributed by atoms with Crippen molar-refractivity contribution in [3.63, 3.8) is 0 Å². The molecule has 2 aromatic rings. The molecule has 8 nitrogen and oxygen atoms in total. The third-order valence-corrected chi connectivity index (χ3v) is 4.30. The lowest BCUT2D eigenvalue weighted by Crippen LogP contribution is -2.46. The number of carbonyl (C=O) groups is 2. The van der Waals surface area contributed by atoms with E-state index in [1.165, 1.54) is 12.4 Å². The van der Waals surface area contributed by atoms with Crippen LogP contribution in [-0.4, -0.2) is 52.6 Å². The fourth-order valence-electron chi connectivity index (χ4n) is 2.85. The van der Waals surface area contributed by atoms with Gasteiger partial charge in [-0.15, -0.1) is 0 Å². The Morgan fingerprint density at radius 3 is 2.44 bits per heavy atom. The molecule has 0 radical (unpaired) electrons. The van der Waals surface area contributed by atoms with Crippen LogP contribution in [0.3, 0.4) is 0 Å². The Morgan fingerprint density at radius 2 is 1.81 bits per heavy atom. The highest BCUT2D eigenvalue weighted by Gasteiger charge is 2.24. The predicted molar refractivity (Wildman–Crippen MR) is 101 cm³/mol. The van der Waals surface area contributed by atoms with E-state index in [0.717, 1.165) is 5.69 Å². The van der Waals surface area contributed by atoms with E-state index < -0.39 is 0 Å². The number of rotatable bonds is 5. The van der Waals surface area contributed by atoms with E-state index >= 15 is 0 Å². The van der Waals surface area contributed by atoms with Gasteiger partial charge in [0.05, 0.1) is 12.2 Å². The van der Waals surface area contributed by atoms with Crippen LogP contribution in [0.15, 0.2) is 42.7 Å². The van der Waals surface area contributed by atoms with E-state index in [1.54, 1.807) is 11.8 Å². The largest absolute Gasteiger partial charge is 0.450 e. The second-order valence-electron chi connectivity index (χ2n) is 6.22. The second-order valence-corrected chi connectivity index (χ2v) is 6.22. The Morgan fingerprint density at radius 1 is 1.15 bits per heavy atom. The summed E-state index contributed by atoms with van der Waals surface area (Å²) >= 11 is 0. The van der Waals surface area contributed by atoms with Crippen LogP contribution in [0.2, 0.25) is 0 Å². The molecular weight excluding hydrogens is 346 g/mol. The quantitative estimate of drug-likeness (QED) is 0.841. The first-order valence-electron chi connectivity index (χ1n) is 9.02. The highest BCUT2D eigenvalue weighted by Crippen LogP contribution is 2.14. The van der Waals surface area contributed by atoms with Gasteiger partial charge >= 0.3 is 6.09 Å². The van der Waals surface area contributed by atoms with Gasteiger partial charge in [0.1, 0.15) is 0 Å². The highest BCUT2D eigenvalue weighted by atomic mass is 16.6. The van der Waals surface area contributed by atoms with E-state index in [4.69, 9.17) is 4.74 Å². The zero-order valence-electron chi connectivity index (χ0n) is 15.2. The van der Waals surface area contributed by atoms with Crippen molar-refractivity contribution in [2.75, 3.05) is 25.0 Å². The zero-order chi connectivity index (χ0) is 19.1. The molecule has 8 heteroatoms. The van der Waals surface area contributed by atoms with Gasteiger partial charge in [-0.2, -0.15) is 0 Å². The van der Waals surface area contributed by atoms with Crippen LogP contribution in [0.1, 0.15) is 30.1 Å². The maximum absolute atomic E-state index is 12.4. The number of amides is 2. The average molecular weight is 369 g/mol. The van der Waals surface area contributed by atoms with Crippen LogP contribution < -0.4 is 10.6 Å². The molecule has 3 rings (SSSR count). The molecular formula is C19H23N5O3. The van der Waals surface area contributed by atoms with Crippen molar-refractivity contribution in [1.29, 1.82) is 0 Å². The molecule has 27 heavy (non-hydrogen) atoms. The predicted octanol–water partition coefficient (Wildman–Crippen LogP) is 2.57. The first-order chi connectivity index (χ1) is 13.2. The van der Waals surface area contributed by atoms with Gasteiger partial charge in [-0.1, -0.05) is 18.2 Å². The molecule has 142 valence electrons. The third-order valence-electron chi connectivity index (χ3n) is 4.30. The van der Waals surface area contributed by atoms with Crippen LogP contribution in [0.25, 0.3) is 0 Å². The monoisotopic (exact) mass is 369 g/mol. The Kier molecular flexibility index (Phi) is 6.19. The number of benzene rings is 1. The van der Waals surface area contributed by atoms with Gasteiger partial charge < -0.3 is 20.3 Å². The Hall–Kier alpha value is -3.16. The molecule has 2 amide bonds. The second kappa shape index (κ2) is 8.98. The van der Waals surface area contributed by atoms with Crippen LogP contribution in [0, 0.1) is 0 Å². The minimum atomic E-state index is -0.294. The molecule has 0 unspecified atom stereocenters. The molecule has 0 bridgehead atoms. The summed E-state index contributed by atoms with van der Waals surface area (Å²) in [5.74, 6) is 0.219. The van der Waals surface area contributed by atoms with Crippen molar-refractivity contribution < 1.29 is 14.3 Å². The molecule has 0 saturated carbocycles. The van der Waals surface area contributed by atoms with E-state index in [0.29, 0.717) is 44.0 Å². The summed E-state index contributed by atoms with van der Waals surface area (Å²) in [5, 5.41) is 6.05. The number of para-hydroxylation sites is 1. The number of nitrogens with one attached hydrogen (secondary N) is 2. The van der Waals surface area contributed by atoms with E-state index in [2.05, 4.69) is 20.6 Å². The topological polar surface area (TPSA) is 96.5 Å². The SMILES string of the molecule is CCOC(=O)N1CCC(NC(=O)c2cnc(Nc3ccccc3)nc2)CC1. The molecule has 2 N–H and O–H groups in total. The fourth-order valence-corrected chi connectivity index (χ4v) is 2.85. The van der Waals surface area contributed by atoms with Gasteiger partial charge in [-0.3, -0.25) is 4.79 Å². The first kappa shape index (κ1) is 18.6. The molecule has 1 aliphatic rings. The fraction of sp³-hybridized carbons (Fsp3) is 0.368. The van der Waals surface area contributed by atoms with Gasteiger partial charge in [0.2, 0.25) is 5.95 Å². The first-order valence-corrected chi connectivity index (χ1v) is 9.02. The summed E-state index contributed by atoms with van der Waals surface area (Å²) in [6.45, 7) is 3.29. The third kappa shape index (κ3) is 5.16. The van der Waals surface area contributed by atoms with Crippen LogP contribution >= 0.6 is 0 Å². The van der Waals surface area contributed by atoms with E-state index in [9.17, 15) is 9.59 Å². The van der Waals surface area contributed by atoms with Crippen LogP contribution in [-0.2, 0) is 4.74 Å². The molecule has 2 heterocycles. The number of anilines is 2. The molecule has 1 saturated heterocycles. The van der Waals surface area contributed by atoms with Crippen molar-refractivity contribution in [1.82, 2.24) is 20.2 Å². The Bertz CT molecular complexity index is 759. The lowest BCUT2D eigenvalue weighted by Gasteiger charge is -2.31. The smallest absolute Gasteiger partial charge is 0.409 e. The van der Waals surface area contributed by atoms with Gasteiger partial charge in [-0.25, -0.2) is 14.8 Å². The van der Waals surface area contributed by atoms with Crippen molar-refractivity contribution in [3.05, 3.63) is 48.3 Å². The summed E-state index contributed by atoms with van der Waals surface area (Å²) in [6.07, 6.45) is 4.10. The molecule has 1 aromatic carbocycles. The molecule has 0 aliphatic carbocycles. The normalized spacial score (nSPS) is 14.5. The number of nitrogens with zero attached hydrogens (tertiary/aromatic N) is 3. The zero-order valence-corrected chi connectivity index (χ0v) is 15.2. The standard InChI is InChI=1S/C19H23N5O3/c1-2-27-19(26)24-10-8-16(9-11-24)22-17(25)14-12-20-18(21-13-14)23-15-6-4-3-5-7-15/h3-7,12-13,16H,2,8-11H2,1H3,(H,22,25)(H,20,21,23). The highest BCUT2D eigenvalue weighted by molar-refractivity contribution is 5.93. The molecule has 1 fully saturated rings. The number of likely N-dealkylation sites (tertiary alicyclic amines) is 1. The van der Waals surface area contributed by atoms with Gasteiger partial charge in [0, 0.05) is 37.2 Å². The van der Waals surface area contributed by atoms with Crippen molar-refractivity contribution in [2.24, 2.45) is 0 Å². The lowest BCUT2D eigenvalue weighted by atomic mass is 10.1. The average Bonchev–Trinajstić information content (AvgIpc) is 2.70. The van der Waals surface area contributed by atoms with Crippen LogP contribution in [0.5, 0.6) is 0 Å². The summed E-state index contributed by atoms with van der Waals surface area (Å²) in [4.78, 5) is 34.1. The number of ether oxygens (including phenoxy) is 1. The summed E-state index contributed by atoms with van der Waals surface area (Å²) in [7, 11) is 0. The molecule has 1 aromatic heterocycles. The number of hydrogen-bond donors (Lipinski definition) is 2. The lowest BCUT2D eigenvalue weighted by molar-refractivity contribution is 0.0859. The van der Waals surface area contributed by atoms with Gasteiger partial charge in [0.25, 0.3) is 5.91 Å². The number of carbonyl (C=O) groups excluding carboxylic acids is 2. The number of hydrogen-bond acceptors (Lipinski definition) is 6. The van der Waals surface area contributed by atoms with Crippen molar-refractivity contribution >= 4 is 23.6 Å². The summed E-state index contributed by atoms with van der Waals surface area (Å²) < 4.78 is 5.00. The van der Waals surface area contributed by atoms with E-state index in [-0.39, 0.29) is 18.0 Å². The van der Waals surface area contributed by atoms with Gasteiger partial charge in [0.15, 0.2) is 0 Å². The minimum absolute atomic E-state index is 0.0188. The molecule has 1 aliphatic heterocycles. The summed E-state index contributed by atoms with van der Waals surface area (Å²) in [5.41, 5.74) is 1.28.